The Hall–Kier alpha value is -0.570. The molecular formula is C18H38N2O. The first-order valence-electron chi connectivity index (χ1n) is 9.16. The van der Waals surface area contributed by atoms with E-state index in [-0.39, 0.29) is 5.92 Å². The Morgan fingerprint density at radius 2 is 1.43 bits per heavy atom. The van der Waals surface area contributed by atoms with Crippen LogP contribution in [0.4, 0.5) is 0 Å². The summed E-state index contributed by atoms with van der Waals surface area (Å²) >= 11 is 0. The summed E-state index contributed by atoms with van der Waals surface area (Å²) in [5.74, 6) is 0.474. The van der Waals surface area contributed by atoms with Crippen molar-refractivity contribution in [2.75, 3.05) is 19.6 Å². The Balaban J connectivity index is 4.22. The van der Waals surface area contributed by atoms with Crippen LogP contribution in [0.2, 0.25) is 0 Å². The molecule has 0 aliphatic heterocycles. The highest BCUT2D eigenvalue weighted by Gasteiger charge is 2.19. The van der Waals surface area contributed by atoms with Gasteiger partial charge in [0.15, 0.2) is 0 Å². The van der Waals surface area contributed by atoms with E-state index in [0.29, 0.717) is 12.5 Å². The Kier molecular flexibility index (Phi) is 14.0. The summed E-state index contributed by atoms with van der Waals surface area (Å²) in [7, 11) is 0. The van der Waals surface area contributed by atoms with Crippen molar-refractivity contribution >= 4 is 5.91 Å². The molecule has 126 valence electrons. The summed E-state index contributed by atoms with van der Waals surface area (Å²) in [4.78, 5) is 14.7. The zero-order chi connectivity index (χ0) is 15.9. The standard InChI is InChI=1S/C18H38N2O/c1-4-6-8-10-15-20(16-11-9-7-5-2)18(21)17(3)13-12-14-19/h17H,4-16,19H2,1-3H3. The first kappa shape index (κ1) is 20.4. The molecule has 2 N–H and O–H groups in total. The van der Waals surface area contributed by atoms with Gasteiger partial charge in [0.2, 0.25) is 5.91 Å². The van der Waals surface area contributed by atoms with E-state index in [4.69, 9.17) is 5.73 Å². The Morgan fingerprint density at radius 1 is 0.905 bits per heavy atom. The van der Waals surface area contributed by atoms with Crippen molar-refractivity contribution in [1.29, 1.82) is 0 Å². The molecule has 0 aliphatic rings. The van der Waals surface area contributed by atoms with Crippen molar-refractivity contribution in [1.82, 2.24) is 4.90 Å². The van der Waals surface area contributed by atoms with Crippen LogP contribution in [-0.2, 0) is 4.79 Å². The molecule has 1 amide bonds. The highest BCUT2D eigenvalue weighted by molar-refractivity contribution is 5.78. The summed E-state index contributed by atoms with van der Waals surface area (Å²) in [6.45, 7) is 9.08. The van der Waals surface area contributed by atoms with Gasteiger partial charge in [0, 0.05) is 19.0 Å². The predicted octanol–water partition coefficient (Wildman–Crippen LogP) is 4.35. The van der Waals surface area contributed by atoms with E-state index in [9.17, 15) is 4.79 Å². The van der Waals surface area contributed by atoms with Crippen molar-refractivity contribution in [2.24, 2.45) is 11.7 Å². The topological polar surface area (TPSA) is 46.3 Å². The maximum Gasteiger partial charge on any atom is 0.225 e. The van der Waals surface area contributed by atoms with Crippen LogP contribution in [0.15, 0.2) is 0 Å². The van der Waals surface area contributed by atoms with Crippen molar-refractivity contribution < 1.29 is 4.79 Å². The van der Waals surface area contributed by atoms with Crippen LogP contribution in [0.1, 0.15) is 85.0 Å². The lowest BCUT2D eigenvalue weighted by molar-refractivity contribution is -0.135. The van der Waals surface area contributed by atoms with Crippen molar-refractivity contribution in [3.63, 3.8) is 0 Å². The van der Waals surface area contributed by atoms with Gasteiger partial charge in [-0.3, -0.25) is 4.79 Å². The zero-order valence-corrected chi connectivity index (χ0v) is 14.7. The minimum atomic E-state index is 0.130. The van der Waals surface area contributed by atoms with Gasteiger partial charge in [0.05, 0.1) is 0 Å². The molecule has 1 unspecified atom stereocenters. The molecule has 3 nitrogen and oxygen atoms in total. The van der Waals surface area contributed by atoms with Crippen LogP contribution in [0.5, 0.6) is 0 Å². The number of amides is 1. The average Bonchev–Trinajstić information content (AvgIpc) is 2.50. The van der Waals surface area contributed by atoms with E-state index in [1.54, 1.807) is 0 Å². The maximum atomic E-state index is 12.6. The number of rotatable bonds is 14. The number of nitrogens with two attached hydrogens (primary N) is 1. The minimum Gasteiger partial charge on any atom is -0.342 e. The summed E-state index contributed by atoms with van der Waals surface area (Å²) in [5, 5.41) is 0. The van der Waals surface area contributed by atoms with Crippen LogP contribution in [0.25, 0.3) is 0 Å². The number of carbonyl (C=O) groups excluding carboxylic acids is 1. The van der Waals surface area contributed by atoms with Crippen LogP contribution in [-0.4, -0.2) is 30.4 Å². The molecule has 0 aliphatic carbocycles. The second-order valence-corrected chi connectivity index (χ2v) is 6.28. The third-order valence-corrected chi connectivity index (χ3v) is 4.14. The third-order valence-electron chi connectivity index (χ3n) is 4.14. The molecule has 1 atom stereocenters. The number of unbranched alkanes of at least 4 members (excludes halogenated alkanes) is 6. The second kappa shape index (κ2) is 14.4. The van der Waals surface area contributed by atoms with Gasteiger partial charge in [-0.15, -0.1) is 0 Å². The summed E-state index contributed by atoms with van der Waals surface area (Å²) < 4.78 is 0. The molecule has 0 aromatic rings. The van der Waals surface area contributed by atoms with E-state index >= 15 is 0 Å². The van der Waals surface area contributed by atoms with Crippen LogP contribution in [0.3, 0.4) is 0 Å². The van der Waals surface area contributed by atoms with Gasteiger partial charge in [-0.1, -0.05) is 59.3 Å². The van der Waals surface area contributed by atoms with Crippen molar-refractivity contribution in [3.8, 4) is 0 Å². The maximum absolute atomic E-state index is 12.6. The van der Waals surface area contributed by atoms with E-state index in [1.807, 2.05) is 0 Å². The fraction of sp³-hybridized carbons (Fsp3) is 0.944. The molecule has 0 bridgehead atoms. The predicted molar refractivity (Wildman–Crippen MR) is 92.3 cm³/mol. The monoisotopic (exact) mass is 298 g/mol. The Bertz CT molecular complexity index is 231. The molecule has 0 spiro atoms. The first-order chi connectivity index (χ1) is 10.2. The number of hydrogen-bond donors (Lipinski definition) is 1. The van der Waals surface area contributed by atoms with E-state index < -0.39 is 0 Å². The molecule has 0 saturated carbocycles. The molecule has 0 aromatic carbocycles. The number of nitrogens with zero attached hydrogens (tertiary/aromatic N) is 1. The van der Waals surface area contributed by atoms with Crippen molar-refractivity contribution in [2.45, 2.75) is 85.0 Å². The molecule has 0 aromatic heterocycles. The third kappa shape index (κ3) is 10.8. The number of hydrogen-bond acceptors (Lipinski definition) is 2. The molecule has 21 heavy (non-hydrogen) atoms. The van der Waals surface area contributed by atoms with Gasteiger partial charge < -0.3 is 10.6 Å². The minimum absolute atomic E-state index is 0.130. The average molecular weight is 299 g/mol. The second-order valence-electron chi connectivity index (χ2n) is 6.28. The van der Waals surface area contributed by atoms with Crippen molar-refractivity contribution in [3.05, 3.63) is 0 Å². The van der Waals surface area contributed by atoms with E-state index in [2.05, 4.69) is 25.7 Å². The Labute approximate surface area is 132 Å². The lowest BCUT2D eigenvalue weighted by Gasteiger charge is -2.26. The zero-order valence-electron chi connectivity index (χ0n) is 14.7. The molecule has 0 radical (unpaired) electrons. The van der Waals surface area contributed by atoms with Gasteiger partial charge in [-0.05, 0) is 32.2 Å². The Morgan fingerprint density at radius 3 is 1.86 bits per heavy atom. The fourth-order valence-corrected chi connectivity index (χ4v) is 2.65. The lowest BCUT2D eigenvalue weighted by atomic mass is 10.0. The van der Waals surface area contributed by atoms with Gasteiger partial charge in [0.1, 0.15) is 0 Å². The summed E-state index contributed by atoms with van der Waals surface area (Å²) in [5.41, 5.74) is 5.56. The van der Waals surface area contributed by atoms with Crippen LogP contribution < -0.4 is 5.73 Å². The fourth-order valence-electron chi connectivity index (χ4n) is 2.65. The molecule has 0 heterocycles. The lowest BCUT2D eigenvalue weighted by Crippen LogP contribution is -2.37. The molecule has 0 rings (SSSR count). The highest BCUT2D eigenvalue weighted by Crippen LogP contribution is 2.13. The summed E-state index contributed by atoms with van der Waals surface area (Å²) in [6.07, 6.45) is 11.7. The summed E-state index contributed by atoms with van der Waals surface area (Å²) in [6, 6.07) is 0. The SMILES string of the molecule is CCCCCCN(CCCCCC)C(=O)C(C)CCCN. The largest absolute Gasteiger partial charge is 0.342 e. The smallest absolute Gasteiger partial charge is 0.225 e. The number of carbonyl (C=O) groups is 1. The van der Waals surface area contributed by atoms with E-state index in [1.165, 1.54) is 38.5 Å². The van der Waals surface area contributed by atoms with Crippen LogP contribution >= 0.6 is 0 Å². The first-order valence-corrected chi connectivity index (χ1v) is 9.16. The van der Waals surface area contributed by atoms with Gasteiger partial charge in [-0.2, -0.15) is 0 Å². The normalized spacial score (nSPS) is 12.4. The quantitative estimate of drug-likeness (QED) is 0.485. The molecular weight excluding hydrogens is 260 g/mol. The molecule has 0 saturated heterocycles. The van der Waals surface area contributed by atoms with Crippen LogP contribution in [0, 0.1) is 5.92 Å². The van der Waals surface area contributed by atoms with Gasteiger partial charge in [-0.25, -0.2) is 0 Å². The molecule has 0 fully saturated rings. The highest BCUT2D eigenvalue weighted by atomic mass is 16.2. The van der Waals surface area contributed by atoms with Gasteiger partial charge in [0.25, 0.3) is 0 Å². The molecule has 3 heteroatoms. The van der Waals surface area contributed by atoms with E-state index in [0.717, 1.165) is 38.8 Å². The van der Waals surface area contributed by atoms with Gasteiger partial charge >= 0.3 is 0 Å².